The van der Waals surface area contributed by atoms with Crippen LogP contribution in [0, 0.1) is 6.92 Å². The highest BCUT2D eigenvalue weighted by atomic mass is 32.2. The lowest BCUT2D eigenvalue weighted by Crippen LogP contribution is -2.24. The smallest absolute Gasteiger partial charge is 0.266 e. The number of benzene rings is 3. The second-order valence-electron chi connectivity index (χ2n) is 8.24. The highest BCUT2D eigenvalue weighted by molar-refractivity contribution is 7.99. The van der Waals surface area contributed by atoms with Gasteiger partial charge in [0.15, 0.2) is 5.16 Å². The summed E-state index contributed by atoms with van der Waals surface area (Å²) in [7, 11) is 0. The number of carbonyl (C=O) groups is 1. The van der Waals surface area contributed by atoms with E-state index in [9.17, 15) is 9.59 Å². The van der Waals surface area contributed by atoms with Gasteiger partial charge in [0.2, 0.25) is 0 Å². The number of nitrogens with zero attached hydrogens (tertiary/aromatic N) is 3. The summed E-state index contributed by atoms with van der Waals surface area (Å²) in [5, 5.41) is 5.06. The van der Waals surface area contributed by atoms with Crippen molar-refractivity contribution < 1.29 is 4.79 Å². The van der Waals surface area contributed by atoms with Crippen LogP contribution in [0.2, 0.25) is 0 Å². The summed E-state index contributed by atoms with van der Waals surface area (Å²) < 4.78 is 1.58. The molecule has 0 atom stereocenters. The van der Waals surface area contributed by atoms with Gasteiger partial charge < -0.3 is 0 Å². The predicted molar refractivity (Wildman–Crippen MR) is 139 cm³/mol. The molecule has 0 bridgehead atoms. The molecule has 1 amide bonds. The van der Waals surface area contributed by atoms with E-state index in [1.54, 1.807) is 22.9 Å². The number of carbonyl (C=O) groups excluding carboxylic acids is 1. The lowest BCUT2D eigenvalue weighted by atomic mass is 10.0. The Kier molecular flexibility index (Phi) is 7.23. The van der Waals surface area contributed by atoms with Crippen LogP contribution >= 0.6 is 11.8 Å². The average molecular weight is 471 g/mol. The standard InChI is InChI=1S/C27H26N4O2S/c1-18(2)21-14-12-20(13-15-21)16-28-30-25(32)17-34-27-29-23-10-6-5-9-22(23)26(33)31(27)24-11-7-4-8-19(24)3/h4-16,18H,17H2,1-3H3,(H,30,32). The lowest BCUT2D eigenvalue weighted by Gasteiger charge is -2.14. The van der Waals surface area contributed by atoms with Crippen molar-refractivity contribution in [1.29, 1.82) is 0 Å². The largest absolute Gasteiger partial charge is 0.272 e. The number of rotatable bonds is 7. The molecule has 0 aliphatic heterocycles. The summed E-state index contributed by atoms with van der Waals surface area (Å²) >= 11 is 1.21. The van der Waals surface area contributed by atoms with Crippen LogP contribution in [0.25, 0.3) is 16.6 Å². The van der Waals surface area contributed by atoms with Gasteiger partial charge in [0.25, 0.3) is 11.5 Å². The molecule has 7 heteroatoms. The Balaban J connectivity index is 1.52. The molecule has 4 aromatic rings. The van der Waals surface area contributed by atoms with Crippen LogP contribution in [0.5, 0.6) is 0 Å². The molecule has 1 heterocycles. The number of hydrogen-bond acceptors (Lipinski definition) is 5. The first-order chi connectivity index (χ1) is 16.4. The molecule has 0 aliphatic carbocycles. The first-order valence-electron chi connectivity index (χ1n) is 11.1. The zero-order chi connectivity index (χ0) is 24.1. The summed E-state index contributed by atoms with van der Waals surface area (Å²) in [6.07, 6.45) is 1.62. The SMILES string of the molecule is Cc1ccccc1-n1c(SCC(=O)NN=Cc2ccc(C(C)C)cc2)nc2ccccc2c1=O. The third kappa shape index (κ3) is 5.26. The van der Waals surface area contributed by atoms with Gasteiger partial charge >= 0.3 is 0 Å². The molecule has 0 fully saturated rings. The number of hydrogen-bond donors (Lipinski definition) is 1. The molecule has 1 N–H and O–H groups in total. The van der Waals surface area contributed by atoms with E-state index in [-0.39, 0.29) is 17.2 Å². The Hall–Kier alpha value is -3.71. The Labute approximate surface area is 202 Å². The van der Waals surface area contributed by atoms with Crippen molar-refractivity contribution in [3.63, 3.8) is 0 Å². The van der Waals surface area contributed by atoms with E-state index in [4.69, 9.17) is 0 Å². The Morgan fingerprint density at radius 2 is 1.76 bits per heavy atom. The fourth-order valence-electron chi connectivity index (χ4n) is 3.54. The van der Waals surface area contributed by atoms with Gasteiger partial charge in [-0.25, -0.2) is 10.4 Å². The van der Waals surface area contributed by atoms with Gasteiger partial charge in [-0.15, -0.1) is 0 Å². The van der Waals surface area contributed by atoms with Gasteiger partial charge in [-0.1, -0.05) is 80.2 Å². The van der Waals surface area contributed by atoms with E-state index in [1.807, 2.05) is 55.5 Å². The quantitative estimate of drug-likeness (QED) is 0.177. The minimum Gasteiger partial charge on any atom is -0.272 e. The molecule has 6 nitrogen and oxygen atoms in total. The minimum absolute atomic E-state index is 0.0697. The summed E-state index contributed by atoms with van der Waals surface area (Å²) in [6.45, 7) is 6.23. The van der Waals surface area contributed by atoms with Crippen LogP contribution in [-0.2, 0) is 4.79 Å². The predicted octanol–water partition coefficient (Wildman–Crippen LogP) is 5.06. The number of aromatic nitrogens is 2. The number of nitrogens with one attached hydrogen (secondary N) is 1. The van der Waals surface area contributed by atoms with E-state index < -0.39 is 0 Å². The highest BCUT2D eigenvalue weighted by Crippen LogP contribution is 2.23. The summed E-state index contributed by atoms with van der Waals surface area (Å²) in [6, 6.07) is 22.9. The molecule has 0 saturated heterocycles. The Morgan fingerprint density at radius 3 is 2.50 bits per heavy atom. The van der Waals surface area contributed by atoms with Crippen molar-refractivity contribution in [2.45, 2.75) is 31.8 Å². The van der Waals surface area contributed by atoms with Crippen molar-refractivity contribution in [3.05, 3.63) is 99.8 Å². The lowest BCUT2D eigenvalue weighted by molar-refractivity contribution is -0.118. The molecule has 172 valence electrons. The first kappa shape index (κ1) is 23.4. The molecule has 0 spiro atoms. The summed E-state index contributed by atoms with van der Waals surface area (Å²) in [5.74, 6) is 0.252. The first-order valence-corrected chi connectivity index (χ1v) is 12.0. The number of hydrazone groups is 1. The molecule has 0 radical (unpaired) electrons. The van der Waals surface area contributed by atoms with E-state index in [1.165, 1.54) is 17.3 Å². The number of fused-ring (bicyclic) bond motifs is 1. The molecule has 0 saturated carbocycles. The van der Waals surface area contributed by atoms with E-state index >= 15 is 0 Å². The van der Waals surface area contributed by atoms with E-state index in [0.717, 1.165) is 16.8 Å². The van der Waals surface area contributed by atoms with Gasteiger partial charge in [-0.2, -0.15) is 5.10 Å². The van der Waals surface area contributed by atoms with E-state index in [2.05, 4.69) is 41.5 Å². The fourth-order valence-corrected chi connectivity index (χ4v) is 4.34. The maximum absolute atomic E-state index is 13.3. The van der Waals surface area contributed by atoms with Crippen molar-refractivity contribution >= 4 is 34.8 Å². The number of amides is 1. The van der Waals surface area contributed by atoms with Gasteiger partial charge in [-0.3, -0.25) is 14.2 Å². The van der Waals surface area contributed by atoms with Crippen LogP contribution in [0.15, 0.2) is 87.8 Å². The molecule has 4 rings (SSSR count). The van der Waals surface area contributed by atoms with Crippen LogP contribution < -0.4 is 11.0 Å². The fraction of sp³-hybridized carbons (Fsp3) is 0.185. The van der Waals surface area contributed by atoms with Gasteiger partial charge in [0.05, 0.1) is 28.6 Å². The highest BCUT2D eigenvalue weighted by Gasteiger charge is 2.15. The maximum atomic E-state index is 13.3. The van der Waals surface area contributed by atoms with Crippen LogP contribution in [-0.4, -0.2) is 27.4 Å². The normalized spacial score (nSPS) is 11.4. The van der Waals surface area contributed by atoms with E-state index in [0.29, 0.717) is 22.0 Å². The number of aryl methyl sites for hydroxylation is 1. The van der Waals surface area contributed by atoms with Gasteiger partial charge in [0, 0.05) is 0 Å². The second kappa shape index (κ2) is 10.5. The molecular weight excluding hydrogens is 444 g/mol. The Bertz CT molecular complexity index is 1410. The summed E-state index contributed by atoms with van der Waals surface area (Å²) in [4.78, 5) is 30.5. The number of para-hydroxylation sites is 2. The van der Waals surface area contributed by atoms with Crippen molar-refractivity contribution in [2.24, 2.45) is 5.10 Å². The molecule has 1 aromatic heterocycles. The third-order valence-electron chi connectivity index (χ3n) is 5.44. The molecule has 0 unspecified atom stereocenters. The maximum Gasteiger partial charge on any atom is 0.266 e. The average Bonchev–Trinajstić information content (AvgIpc) is 2.84. The van der Waals surface area contributed by atoms with Crippen LogP contribution in [0.3, 0.4) is 0 Å². The zero-order valence-corrected chi connectivity index (χ0v) is 20.2. The third-order valence-corrected chi connectivity index (χ3v) is 6.38. The molecule has 0 aliphatic rings. The van der Waals surface area contributed by atoms with Crippen molar-refractivity contribution in [3.8, 4) is 5.69 Å². The van der Waals surface area contributed by atoms with Crippen LogP contribution in [0.1, 0.15) is 36.5 Å². The Morgan fingerprint density at radius 1 is 1.06 bits per heavy atom. The number of thioether (sulfide) groups is 1. The minimum atomic E-state index is -0.279. The topological polar surface area (TPSA) is 76.3 Å². The molecule has 3 aromatic carbocycles. The second-order valence-corrected chi connectivity index (χ2v) is 9.18. The van der Waals surface area contributed by atoms with Gasteiger partial charge in [0.1, 0.15) is 0 Å². The monoisotopic (exact) mass is 470 g/mol. The van der Waals surface area contributed by atoms with Crippen molar-refractivity contribution in [1.82, 2.24) is 15.0 Å². The zero-order valence-electron chi connectivity index (χ0n) is 19.4. The van der Waals surface area contributed by atoms with Crippen LogP contribution in [0.4, 0.5) is 0 Å². The molecule has 34 heavy (non-hydrogen) atoms. The van der Waals surface area contributed by atoms with Gasteiger partial charge in [-0.05, 0) is 47.7 Å². The summed E-state index contributed by atoms with van der Waals surface area (Å²) in [5.41, 5.74) is 6.84. The van der Waals surface area contributed by atoms with Crippen molar-refractivity contribution in [2.75, 3.05) is 5.75 Å². The molecular formula is C27H26N4O2S.